The predicted molar refractivity (Wildman–Crippen MR) is 118 cm³/mol. The van der Waals surface area contributed by atoms with Crippen molar-refractivity contribution in [2.45, 2.75) is 12.3 Å². The van der Waals surface area contributed by atoms with Gasteiger partial charge in [-0.2, -0.15) is 0 Å². The van der Waals surface area contributed by atoms with Crippen molar-refractivity contribution in [1.82, 2.24) is 5.32 Å². The fourth-order valence-corrected chi connectivity index (χ4v) is 3.60. The molecule has 0 bridgehead atoms. The van der Waals surface area contributed by atoms with Crippen molar-refractivity contribution in [2.75, 3.05) is 27.9 Å². The Labute approximate surface area is 177 Å². The van der Waals surface area contributed by atoms with Gasteiger partial charge in [-0.15, -0.1) is 0 Å². The van der Waals surface area contributed by atoms with Crippen molar-refractivity contribution in [1.29, 1.82) is 0 Å². The van der Waals surface area contributed by atoms with Gasteiger partial charge in [0.25, 0.3) is 5.91 Å². The van der Waals surface area contributed by atoms with Crippen LogP contribution in [0.2, 0.25) is 0 Å². The molecular formula is C25H27NO4. The number of ether oxygens (including phenoxy) is 3. The van der Waals surface area contributed by atoms with E-state index < -0.39 is 0 Å². The number of carbonyl (C=O) groups excluding carboxylic acids is 1. The minimum absolute atomic E-state index is 0.194. The van der Waals surface area contributed by atoms with Gasteiger partial charge in [0, 0.05) is 12.5 Å². The van der Waals surface area contributed by atoms with Crippen molar-refractivity contribution < 1.29 is 19.0 Å². The lowest BCUT2D eigenvalue weighted by atomic mass is 9.88. The Hall–Kier alpha value is -3.47. The molecule has 0 aromatic heterocycles. The topological polar surface area (TPSA) is 56.8 Å². The molecule has 0 aliphatic rings. The lowest BCUT2D eigenvalue weighted by Gasteiger charge is -2.19. The molecule has 0 saturated heterocycles. The highest BCUT2D eigenvalue weighted by atomic mass is 16.5. The molecule has 3 rings (SSSR count). The standard InChI is InChI=1S/C25H27NO4/c1-28-22-15-14-21(23(29-2)24(22)30-3)25(27)26-17-16-20(18-10-6-4-7-11-18)19-12-8-5-9-13-19/h4-15,20H,16-17H2,1-3H3,(H,26,27). The normalized spacial score (nSPS) is 10.5. The lowest BCUT2D eigenvalue weighted by molar-refractivity contribution is 0.0949. The highest BCUT2D eigenvalue weighted by molar-refractivity contribution is 5.98. The van der Waals surface area contributed by atoms with Crippen LogP contribution in [0, 0.1) is 0 Å². The molecule has 1 amide bonds. The largest absolute Gasteiger partial charge is 0.493 e. The van der Waals surface area contributed by atoms with Crippen molar-refractivity contribution in [3.05, 3.63) is 89.5 Å². The second-order valence-corrected chi connectivity index (χ2v) is 6.80. The number of amides is 1. The van der Waals surface area contributed by atoms with Crippen LogP contribution in [-0.4, -0.2) is 33.8 Å². The van der Waals surface area contributed by atoms with Gasteiger partial charge in [0.05, 0.1) is 26.9 Å². The molecule has 0 aliphatic carbocycles. The lowest BCUT2D eigenvalue weighted by Crippen LogP contribution is -2.26. The summed E-state index contributed by atoms with van der Waals surface area (Å²) in [4.78, 5) is 12.9. The Kier molecular flexibility index (Phi) is 7.33. The third-order valence-corrected chi connectivity index (χ3v) is 5.07. The number of carbonyl (C=O) groups is 1. The Morgan fingerprint density at radius 3 is 1.83 bits per heavy atom. The highest BCUT2D eigenvalue weighted by Gasteiger charge is 2.21. The van der Waals surface area contributed by atoms with Crippen molar-refractivity contribution in [2.24, 2.45) is 0 Å². The summed E-state index contributed by atoms with van der Waals surface area (Å²) >= 11 is 0. The number of rotatable bonds is 9. The van der Waals surface area contributed by atoms with E-state index in [0.717, 1.165) is 6.42 Å². The molecule has 5 heteroatoms. The zero-order chi connectivity index (χ0) is 21.3. The minimum atomic E-state index is -0.215. The van der Waals surface area contributed by atoms with E-state index in [-0.39, 0.29) is 11.8 Å². The first-order chi connectivity index (χ1) is 14.7. The second kappa shape index (κ2) is 10.3. The molecule has 0 fully saturated rings. The van der Waals surface area contributed by atoms with Crippen LogP contribution in [0.4, 0.5) is 0 Å². The molecule has 5 nitrogen and oxygen atoms in total. The summed E-state index contributed by atoms with van der Waals surface area (Å²) in [5, 5.41) is 3.02. The zero-order valence-corrected chi connectivity index (χ0v) is 17.6. The fourth-order valence-electron chi connectivity index (χ4n) is 3.60. The van der Waals surface area contributed by atoms with Gasteiger partial charge in [0.15, 0.2) is 11.5 Å². The molecular weight excluding hydrogens is 378 g/mol. The first kappa shape index (κ1) is 21.2. The van der Waals surface area contributed by atoms with E-state index in [2.05, 4.69) is 29.6 Å². The van der Waals surface area contributed by atoms with Crippen LogP contribution in [0.25, 0.3) is 0 Å². The summed E-state index contributed by atoms with van der Waals surface area (Å²) in [5.74, 6) is 1.25. The maximum Gasteiger partial charge on any atom is 0.255 e. The summed E-state index contributed by atoms with van der Waals surface area (Å²) < 4.78 is 16.1. The van der Waals surface area contributed by atoms with Crippen molar-refractivity contribution in [3.8, 4) is 17.2 Å². The van der Waals surface area contributed by atoms with Crippen molar-refractivity contribution in [3.63, 3.8) is 0 Å². The van der Waals surface area contributed by atoms with E-state index in [9.17, 15) is 4.79 Å². The predicted octanol–water partition coefficient (Wildman–Crippen LogP) is 4.66. The number of nitrogens with one attached hydrogen (secondary N) is 1. The SMILES string of the molecule is COc1ccc(C(=O)NCCC(c2ccccc2)c2ccccc2)c(OC)c1OC. The van der Waals surface area contributed by atoms with Gasteiger partial charge in [-0.25, -0.2) is 0 Å². The van der Waals surface area contributed by atoms with Gasteiger partial charge in [-0.1, -0.05) is 60.7 Å². The number of benzene rings is 3. The highest BCUT2D eigenvalue weighted by Crippen LogP contribution is 2.39. The first-order valence-electron chi connectivity index (χ1n) is 9.86. The Morgan fingerprint density at radius 1 is 0.767 bits per heavy atom. The van der Waals surface area contributed by atoms with Crippen LogP contribution < -0.4 is 19.5 Å². The average molecular weight is 405 g/mol. The molecule has 3 aromatic carbocycles. The molecule has 0 spiro atoms. The third-order valence-electron chi connectivity index (χ3n) is 5.07. The molecule has 0 unspecified atom stereocenters. The summed E-state index contributed by atoms with van der Waals surface area (Å²) in [7, 11) is 4.58. The zero-order valence-electron chi connectivity index (χ0n) is 17.6. The molecule has 30 heavy (non-hydrogen) atoms. The van der Waals surface area contributed by atoms with E-state index in [0.29, 0.717) is 29.4 Å². The summed E-state index contributed by atoms with van der Waals surface area (Å²) in [6, 6.07) is 24.1. The van der Waals surface area contributed by atoms with Gasteiger partial charge < -0.3 is 19.5 Å². The van der Waals surface area contributed by atoms with E-state index in [1.807, 2.05) is 36.4 Å². The average Bonchev–Trinajstić information content (AvgIpc) is 2.81. The molecule has 0 atom stereocenters. The molecule has 156 valence electrons. The van der Waals surface area contributed by atoms with E-state index >= 15 is 0 Å². The quantitative estimate of drug-likeness (QED) is 0.562. The smallest absolute Gasteiger partial charge is 0.255 e. The van der Waals surface area contributed by atoms with Gasteiger partial charge >= 0.3 is 0 Å². The molecule has 1 N–H and O–H groups in total. The second-order valence-electron chi connectivity index (χ2n) is 6.80. The maximum atomic E-state index is 12.9. The van der Waals surface area contributed by atoms with Crippen LogP contribution in [0.3, 0.4) is 0 Å². The molecule has 0 aliphatic heterocycles. The van der Waals surface area contributed by atoms with Gasteiger partial charge in [-0.3, -0.25) is 4.79 Å². The molecule has 0 heterocycles. The van der Waals surface area contributed by atoms with Gasteiger partial charge in [0.2, 0.25) is 5.75 Å². The van der Waals surface area contributed by atoms with Crippen LogP contribution in [0.15, 0.2) is 72.8 Å². The molecule has 3 aromatic rings. The Bertz CT molecular complexity index is 918. The fraction of sp³-hybridized carbons (Fsp3) is 0.240. The Morgan fingerprint density at radius 2 is 1.33 bits per heavy atom. The third kappa shape index (κ3) is 4.74. The van der Waals surface area contributed by atoms with Crippen LogP contribution >= 0.6 is 0 Å². The number of hydrogen-bond donors (Lipinski definition) is 1. The van der Waals surface area contributed by atoms with Crippen LogP contribution in [0.1, 0.15) is 33.8 Å². The summed E-state index contributed by atoms with van der Waals surface area (Å²) in [6.45, 7) is 0.519. The number of hydrogen-bond acceptors (Lipinski definition) is 4. The minimum Gasteiger partial charge on any atom is -0.493 e. The summed E-state index contributed by atoms with van der Waals surface area (Å²) in [5.41, 5.74) is 2.86. The van der Waals surface area contributed by atoms with E-state index in [4.69, 9.17) is 14.2 Å². The maximum absolute atomic E-state index is 12.9. The number of methoxy groups -OCH3 is 3. The van der Waals surface area contributed by atoms with Gasteiger partial charge in [-0.05, 0) is 29.7 Å². The van der Waals surface area contributed by atoms with E-state index in [1.165, 1.54) is 25.3 Å². The Balaban J connectivity index is 1.75. The molecule has 0 radical (unpaired) electrons. The van der Waals surface area contributed by atoms with Gasteiger partial charge in [0.1, 0.15) is 0 Å². The molecule has 0 saturated carbocycles. The first-order valence-corrected chi connectivity index (χ1v) is 9.86. The van der Waals surface area contributed by atoms with Crippen LogP contribution in [-0.2, 0) is 0 Å². The van der Waals surface area contributed by atoms with Crippen molar-refractivity contribution >= 4 is 5.91 Å². The monoisotopic (exact) mass is 405 g/mol. The van der Waals surface area contributed by atoms with E-state index in [1.54, 1.807) is 19.2 Å². The van der Waals surface area contributed by atoms with Crippen LogP contribution in [0.5, 0.6) is 17.2 Å². The summed E-state index contributed by atoms with van der Waals surface area (Å²) in [6.07, 6.45) is 0.773.